The van der Waals surface area contributed by atoms with Gasteiger partial charge in [-0.1, -0.05) is 18.2 Å². The Kier molecular flexibility index (Phi) is 6.58. The van der Waals surface area contributed by atoms with Crippen molar-refractivity contribution in [2.45, 2.75) is 13.2 Å². The SMILES string of the molecule is COc1cc(C(=O)NCc2ccccc2OC(F)F)cc(OC)c1Br. The standard InChI is InChI=1S/C17H16BrF2NO4/c1-23-13-7-11(8-14(24-2)15(13)18)16(22)21-9-10-5-3-4-6-12(10)25-17(19)20/h3-8,17H,9H2,1-2H3,(H,21,22). The summed E-state index contributed by atoms with van der Waals surface area (Å²) in [6.45, 7) is -2.90. The molecule has 0 unspecified atom stereocenters. The van der Waals surface area contributed by atoms with Crippen molar-refractivity contribution in [2.24, 2.45) is 0 Å². The number of carbonyl (C=O) groups is 1. The van der Waals surface area contributed by atoms with Crippen LogP contribution in [0.3, 0.4) is 0 Å². The van der Waals surface area contributed by atoms with E-state index in [1.54, 1.807) is 30.3 Å². The van der Waals surface area contributed by atoms with Crippen LogP contribution in [0, 0.1) is 0 Å². The summed E-state index contributed by atoms with van der Waals surface area (Å²) >= 11 is 3.32. The summed E-state index contributed by atoms with van der Waals surface area (Å²) in [5.41, 5.74) is 0.747. The second kappa shape index (κ2) is 8.66. The minimum absolute atomic E-state index is 0.0174. The lowest BCUT2D eigenvalue weighted by molar-refractivity contribution is -0.0504. The van der Waals surface area contributed by atoms with Gasteiger partial charge in [0.15, 0.2) is 0 Å². The monoisotopic (exact) mass is 415 g/mol. The van der Waals surface area contributed by atoms with Crippen molar-refractivity contribution in [3.63, 3.8) is 0 Å². The third-order valence-corrected chi connectivity index (χ3v) is 4.12. The van der Waals surface area contributed by atoms with Gasteiger partial charge in [0.05, 0.1) is 14.2 Å². The number of alkyl halides is 2. The zero-order valence-electron chi connectivity index (χ0n) is 13.5. The van der Waals surface area contributed by atoms with Crippen LogP contribution in [0.1, 0.15) is 15.9 Å². The summed E-state index contributed by atoms with van der Waals surface area (Å²) in [4.78, 5) is 12.4. The van der Waals surface area contributed by atoms with Crippen LogP contribution in [0.25, 0.3) is 0 Å². The molecule has 0 aliphatic rings. The Morgan fingerprint density at radius 3 is 2.28 bits per heavy atom. The fourth-order valence-corrected chi connectivity index (χ4v) is 2.69. The second-order valence-corrected chi connectivity index (χ2v) is 5.66. The zero-order valence-corrected chi connectivity index (χ0v) is 15.1. The Bertz CT molecular complexity index is 730. The van der Waals surface area contributed by atoms with Crippen molar-refractivity contribution in [1.29, 1.82) is 0 Å². The summed E-state index contributed by atoms with van der Waals surface area (Å²) < 4.78 is 40.3. The third kappa shape index (κ3) is 4.82. The second-order valence-electron chi connectivity index (χ2n) is 4.86. The smallest absolute Gasteiger partial charge is 0.387 e. The van der Waals surface area contributed by atoms with Crippen LogP contribution >= 0.6 is 15.9 Å². The lowest BCUT2D eigenvalue weighted by Gasteiger charge is -2.13. The van der Waals surface area contributed by atoms with Gasteiger partial charge < -0.3 is 19.5 Å². The van der Waals surface area contributed by atoms with Gasteiger partial charge in [-0.25, -0.2) is 0 Å². The molecule has 25 heavy (non-hydrogen) atoms. The van der Waals surface area contributed by atoms with Gasteiger partial charge in [0.2, 0.25) is 0 Å². The number of ether oxygens (including phenoxy) is 3. The van der Waals surface area contributed by atoms with Crippen LogP contribution in [0.2, 0.25) is 0 Å². The van der Waals surface area contributed by atoms with Gasteiger partial charge in [-0.2, -0.15) is 8.78 Å². The number of hydrogen-bond donors (Lipinski definition) is 1. The normalized spacial score (nSPS) is 10.5. The molecule has 0 spiro atoms. The average Bonchev–Trinajstić information content (AvgIpc) is 2.60. The van der Waals surface area contributed by atoms with E-state index in [1.165, 1.54) is 20.3 Å². The summed E-state index contributed by atoms with van der Waals surface area (Å²) in [6, 6.07) is 9.35. The minimum atomic E-state index is -2.93. The molecule has 134 valence electrons. The Hall–Kier alpha value is -2.35. The lowest BCUT2D eigenvalue weighted by Crippen LogP contribution is -2.23. The molecule has 1 N–H and O–H groups in total. The molecule has 0 fully saturated rings. The number of halogens is 3. The van der Waals surface area contributed by atoms with Gasteiger partial charge in [0.1, 0.15) is 21.7 Å². The molecule has 1 amide bonds. The maximum absolute atomic E-state index is 12.4. The number of para-hydroxylation sites is 1. The van der Waals surface area contributed by atoms with Crippen molar-refractivity contribution >= 4 is 21.8 Å². The van der Waals surface area contributed by atoms with Gasteiger partial charge in [-0.3, -0.25) is 4.79 Å². The molecule has 0 heterocycles. The van der Waals surface area contributed by atoms with Gasteiger partial charge in [-0.05, 0) is 34.1 Å². The maximum atomic E-state index is 12.4. The molecule has 0 saturated carbocycles. The highest BCUT2D eigenvalue weighted by Crippen LogP contribution is 2.35. The quantitative estimate of drug-likeness (QED) is 0.742. The number of carbonyl (C=O) groups excluding carboxylic acids is 1. The molecule has 0 radical (unpaired) electrons. The maximum Gasteiger partial charge on any atom is 0.387 e. The number of nitrogens with one attached hydrogen (secondary N) is 1. The van der Waals surface area contributed by atoms with Crippen molar-refractivity contribution in [3.05, 3.63) is 52.0 Å². The molecule has 0 aliphatic carbocycles. The first kappa shape index (κ1) is 19.0. The molecule has 0 saturated heterocycles. The highest BCUT2D eigenvalue weighted by molar-refractivity contribution is 9.10. The van der Waals surface area contributed by atoms with E-state index in [0.29, 0.717) is 27.1 Å². The Labute approximate surface area is 152 Å². The number of rotatable bonds is 7. The highest BCUT2D eigenvalue weighted by Gasteiger charge is 2.15. The van der Waals surface area contributed by atoms with Crippen LogP contribution in [0.15, 0.2) is 40.9 Å². The lowest BCUT2D eigenvalue weighted by atomic mass is 10.1. The molecule has 0 aliphatic heterocycles. The number of hydrogen-bond acceptors (Lipinski definition) is 4. The van der Waals surface area contributed by atoms with Crippen molar-refractivity contribution in [1.82, 2.24) is 5.32 Å². The first-order valence-electron chi connectivity index (χ1n) is 7.18. The van der Waals surface area contributed by atoms with Crippen molar-refractivity contribution in [3.8, 4) is 17.2 Å². The van der Waals surface area contributed by atoms with Crippen LogP contribution in [-0.4, -0.2) is 26.7 Å². The van der Waals surface area contributed by atoms with Crippen LogP contribution in [0.4, 0.5) is 8.78 Å². The van der Waals surface area contributed by atoms with Gasteiger partial charge in [0.25, 0.3) is 5.91 Å². The minimum Gasteiger partial charge on any atom is -0.495 e. The van der Waals surface area contributed by atoms with E-state index < -0.39 is 12.5 Å². The van der Waals surface area contributed by atoms with Crippen molar-refractivity contribution < 1.29 is 27.8 Å². The van der Waals surface area contributed by atoms with E-state index in [-0.39, 0.29) is 12.3 Å². The molecule has 0 aromatic heterocycles. The number of amides is 1. The number of benzene rings is 2. The van der Waals surface area contributed by atoms with Crippen LogP contribution in [0.5, 0.6) is 17.2 Å². The average molecular weight is 416 g/mol. The summed E-state index contributed by atoms with van der Waals surface area (Å²) in [6.07, 6.45) is 0. The summed E-state index contributed by atoms with van der Waals surface area (Å²) in [5.74, 6) is 0.483. The predicted molar refractivity (Wildman–Crippen MR) is 91.5 cm³/mol. The molecule has 2 aromatic rings. The first-order valence-corrected chi connectivity index (χ1v) is 7.98. The van der Waals surface area contributed by atoms with Crippen LogP contribution < -0.4 is 19.5 Å². The van der Waals surface area contributed by atoms with Gasteiger partial charge in [-0.15, -0.1) is 0 Å². The van der Waals surface area contributed by atoms with E-state index in [9.17, 15) is 13.6 Å². The highest BCUT2D eigenvalue weighted by atomic mass is 79.9. The largest absolute Gasteiger partial charge is 0.495 e. The molecule has 2 aromatic carbocycles. The molecule has 0 bridgehead atoms. The van der Waals surface area contributed by atoms with E-state index in [0.717, 1.165) is 0 Å². The van der Waals surface area contributed by atoms with E-state index in [4.69, 9.17) is 9.47 Å². The zero-order chi connectivity index (χ0) is 18.4. The molecular formula is C17H16BrF2NO4. The predicted octanol–water partition coefficient (Wildman–Crippen LogP) is 4.00. The van der Waals surface area contributed by atoms with Gasteiger partial charge in [0, 0.05) is 17.7 Å². The molecule has 0 atom stereocenters. The first-order chi connectivity index (χ1) is 12.0. The van der Waals surface area contributed by atoms with Crippen molar-refractivity contribution in [2.75, 3.05) is 14.2 Å². The van der Waals surface area contributed by atoms with E-state index in [1.807, 2.05) is 0 Å². The topological polar surface area (TPSA) is 56.8 Å². The Balaban J connectivity index is 2.16. The summed E-state index contributed by atoms with van der Waals surface area (Å²) in [5, 5.41) is 2.66. The Morgan fingerprint density at radius 1 is 1.12 bits per heavy atom. The molecule has 5 nitrogen and oxygen atoms in total. The molecule has 8 heteroatoms. The van der Waals surface area contributed by atoms with Crippen LogP contribution in [-0.2, 0) is 6.54 Å². The van der Waals surface area contributed by atoms with E-state index in [2.05, 4.69) is 26.0 Å². The van der Waals surface area contributed by atoms with Gasteiger partial charge >= 0.3 is 6.61 Å². The Morgan fingerprint density at radius 2 is 1.72 bits per heavy atom. The fraction of sp³-hybridized carbons (Fsp3) is 0.235. The molecular weight excluding hydrogens is 400 g/mol. The fourth-order valence-electron chi connectivity index (χ4n) is 2.14. The third-order valence-electron chi connectivity index (χ3n) is 3.34. The number of methoxy groups -OCH3 is 2. The molecule has 2 rings (SSSR count). The van der Waals surface area contributed by atoms with E-state index >= 15 is 0 Å². The summed E-state index contributed by atoms with van der Waals surface area (Å²) in [7, 11) is 2.94.